The standard InChI is InChI=1S/C17H24N2O5/c1-18(11-17(21)22)9-15-10-19(7-8-24-15)16(20)13-23-12-14-5-3-2-4-6-14/h2-6,15H,7-13H2,1H3,(H,21,22). The van der Waals surface area contributed by atoms with Gasteiger partial charge in [-0.15, -0.1) is 0 Å². The van der Waals surface area contributed by atoms with E-state index in [1.165, 1.54) is 0 Å². The Balaban J connectivity index is 1.72. The van der Waals surface area contributed by atoms with Gasteiger partial charge in [0, 0.05) is 19.6 Å². The second-order valence-corrected chi connectivity index (χ2v) is 5.90. The number of benzene rings is 1. The molecule has 24 heavy (non-hydrogen) atoms. The highest BCUT2D eigenvalue weighted by atomic mass is 16.5. The molecule has 1 saturated heterocycles. The van der Waals surface area contributed by atoms with Crippen molar-refractivity contribution in [1.29, 1.82) is 0 Å². The third kappa shape index (κ3) is 6.27. The van der Waals surface area contributed by atoms with Crippen LogP contribution in [-0.4, -0.2) is 79.3 Å². The molecule has 1 atom stereocenters. The summed E-state index contributed by atoms with van der Waals surface area (Å²) in [7, 11) is 1.72. The lowest BCUT2D eigenvalue weighted by Gasteiger charge is -2.34. The molecule has 1 heterocycles. The highest BCUT2D eigenvalue weighted by Gasteiger charge is 2.25. The summed E-state index contributed by atoms with van der Waals surface area (Å²) in [5, 5.41) is 8.78. The van der Waals surface area contributed by atoms with Crippen LogP contribution in [0.4, 0.5) is 0 Å². The molecule has 1 aromatic rings. The van der Waals surface area contributed by atoms with Gasteiger partial charge in [0.2, 0.25) is 5.91 Å². The second-order valence-electron chi connectivity index (χ2n) is 5.90. The van der Waals surface area contributed by atoms with Crippen molar-refractivity contribution < 1.29 is 24.2 Å². The number of morpholine rings is 1. The third-order valence-electron chi connectivity index (χ3n) is 3.75. The zero-order chi connectivity index (χ0) is 17.4. The molecule has 0 radical (unpaired) electrons. The molecule has 132 valence electrons. The van der Waals surface area contributed by atoms with E-state index in [-0.39, 0.29) is 25.2 Å². The maximum atomic E-state index is 12.2. The lowest BCUT2D eigenvalue weighted by molar-refractivity contribution is -0.146. The van der Waals surface area contributed by atoms with Gasteiger partial charge in [0.25, 0.3) is 0 Å². The monoisotopic (exact) mass is 336 g/mol. The van der Waals surface area contributed by atoms with Crippen molar-refractivity contribution in [2.75, 3.05) is 46.4 Å². The van der Waals surface area contributed by atoms with E-state index in [1.54, 1.807) is 16.8 Å². The first kappa shape index (κ1) is 18.4. The van der Waals surface area contributed by atoms with Crippen molar-refractivity contribution in [3.05, 3.63) is 35.9 Å². The quantitative estimate of drug-likeness (QED) is 0.742. The first-order chi connectivity index (χ1) is 11.5. The Hall–Kier alpha value is -1.96. The SMILES string of the molecule is CN(CC(=O)O)CC1CN(C(=O)COCc2ccccc2)CCO1. The Morgan fingerprint density at radius 2 is 2.12 bits per heavy atom. The third-order valence-corrected chi connectivity index (χ3v) is 3.75. The molecular formula is C17H24N2O5. The average molecular weight is 336 g/mol. The summed E-state index contributed by atoms with van der Waals surface area (Å²) in [5.41, 5.74) is 1.03. The first-order valence-electron chi connectivity index (χ1n) is 7.96. The molecule has 0 aromatic heterocycles. The normalized spacial score (nSPS) is 17.9. The van der Waals surface area contributed by atoms with Crippen molar-refractivity contribution in [3.63, 3.8) is 0 Å². The topological polar surface area (TPSA) is 79.3 Å². The van der Waals surface area contributed by atoms with Gasteiger partial charge in [0.05, 0.1) is 25.9 Å². The molecule has 1 amide bonds. The van der Waals surface area contributed by atoms with Gasteiger partial charge in [0.15, 0.2) is 0 Å². The number of carboxylic acid groups (broad SMARTS) is 1. The van der Waals surface area contributed by atoms with Gasteiger partial charge in [0.1, 0.15) is 6.61 Å². The van der Waals surface area contributed by atoms with Crippen LogP contribution in [0.5, 0.6) is 0 Å². The van der Waals surface area contributed by atoms with Gasteiger partial charge in [-0.2, -0.15) is 0 Å². The lowest BCUT2D eigenvalue weighted by atomic mass is 10.2. The average Bonchev–Trinajstić information content (AvgIpc) is 2.55. The molecule has 0 aliphatic carbocycles. The number of ether oxygens (including phenoxy) is 2. The maximum absolute atomic E-state index is 12.2. The van der Waals surface area contributed by atoms with Crippen LogP contribution in [0.15, 0.2) is 30.3 Å². The Labute approximate surface area is 141 Å². The summed E-state index contributed by atoms with van der Waals surface area (Å²) in [6.45, 7) is 2.31. The molecule has 7 heteroatoms. The summed E-state index contributed by atoms with van der Waals surface area (Å²) in [4.78, 5) is 26.3. The largest absolute Gasteiger partial charge is 0.480 e. The number of carbonyl (C=O) groups excluding carboxylic acids is 1. The van der Waals surface area contributed by atoms with Gasteiger partial charge in [-0.05, 0) is 12.6 Å². The summed E-state index contributed by atoms with van der Waals surface area (Å²) < 4.78 is 11.1. The molecule has 7 nitrogen and oxygen atoms in total. The van der Waals surface area contributed by atoms with Crippen molar-refractivity contribution in [2.24, 2.45) is 0 Å². The Kier molecular flexibility index (Phi) is 7.17. The Bertz CT molecular complexity index is 537. The van der Waals surface area contributed by atoms with E-state index in [9.17, 15) is 9.59 Å². The van der Waals surface area contributed by atoms with Crippen LogP contribution >= 0.6 is 0 Å². The zero-order valence-electron chi connectivity index (χ0n) is 13.9. The van der Waals surface area contributed by atoms with E-state index >= 15 is 0 Å². The molecule has 0 bridgehead atoms. The molecule has 1 aliphatic heterocycles. The summed E-state index contributed by atoms with van der Waals surface area (Å²) in [5.74, 6) is -0.948. The van der Waals surface area contributed by atoms with E-state index in [0.29, 0.717) is 32.8 Å². The van der Waals surface area contributed by atoms with Crippen LogP contribution in [-0.2, 0) is 25.7 Å². The van der Waals surface area contributed by atoms with Crippen molar-refractivity contribution in [3.8, 4) is 0 Å². The Morgan fingerprint density at radius 3 is 2.83 bits per heavy atom. The molecule has 1 unspecified atom stereocenters. The minimum Gasteiger partial charge on any atom is -0.480 e. The van der Waals surface area contributed by atoms with Gasteiger partial charge < -0.3 is 19.5 Å². The fourth-order valence-electron chi connectivity index (χ4n) is 2.62. The lowest BCUT2D eigenvalue weighted by Crippen LogP contribution is -2.50. The molecule has 1 N–H and O–H groups in total. The number of aliphatic carboxylic acids is 1. The summed E-state index contributed by atoms with van der Waals surface area (Å²) >= 11 is 0. The van der Waals surface area contributed by atoms with Crippen LogP contribution in [0.1, 0.15) is 5.56 Å². The van der Waals surface area contributed by atoms with Crippen molar-refractivity contribution in [1.82, 2.24) is 9.80 Å². The second kappa shape index (κ2) is 9.36. The van der Waals surface area contributed by atoms with Gasteiger partial charge in [-0.25, -0.2) is 0 Å². The smallest absolute Gasteiger partial charge is 0.317 e. The van der Waals surface area contributed by atoms with E-state index < -0.39 is 5.97 Å². The molecule has 2 rings (SSSR count). The van der Waals surface area contributed by atoms with E-state index in [0.717, 1.165) is 5.56 Å². The predicted molar refractivity (Wildman–Crippen MR) is 87.6 cm³/mol. The number of amides is 1. The number of hydrogen-bond donors (Lipinski definition) is 1. The van der Waals surface area contributed by atoms with Gasteiger partial charge >= 0.3 is 5.97 Å². The minimum atomic E-state index is -0.879. The first-order valence-corrected chi connectivity index (χ1v) is 7.96. The van der Waals surface area contributed by atoms with Crippen molar-refractivity contribution in [2.45, 2.75) is 12.7 Å². The predicted octanol–water partition coefficient (Wildman–Crippen LogP) is 0.447. The number of likely N-dealkylation sites (N-methyl/N-ethyl adjacent to an activating group) is 1. The molecular weight excluding hydrogens is 312 g/mol. The summed E-state index contributed by atoms with van der Waals surface area (Å²) in [6, 6.07) is 9.70. The van der Waals surface area contributed by atoms with Crippen LogP contribution in [0.3, 0.4) is 0 Å². The Morgan fingerprint density at radius 1 is 1.38 bits per heavy atom. The molecule has 0 spiro atoms. The molecule has 1 fully saturated rings. The highest BCUT2D eigenvalue weighted by molar-refractivity contribution is 5.77. The zero-order valence-corrected chi connectivity index (χ0v) is 13.9. The molecule has 0 saturated carbocycles. The van der Waals surface area contributed by atoms with E-state index in [1.807, 2.05) is 30.3 Å². The van der Waals surface area contributed by atoms with Crippen LogP contribution in [0.25, 0.3) is 0 Å². The van der Waals surface area contributed by atoms with Crippen LogP contribution in [0.2, 0.25) is 0 Å². The molecule has 1 aromatic carbocycles. The fourth-order valence-corrected chi connectivity index (χ4v) is 2.62. The van der Waals surface area contributed by atoms with Gasteiger partial charge in [-0.1, -0.05) is 30.3 Å². The van der Waals surface area contributed by atoms with Gasteiger partial charge in [-0.3, -0.25) is 14.5 Å². The summed E-state index contributed by atoms with van der Waals surface area (Å²) in [6.07, 6.45) is -0.179. The maximum Gasteiger partial charge on any atom is 0.317 e. The number of carboxylic acids is 1. The highest BCUT2D eigenvalue weighted by Crippen LogP contribution is 2.08. The van der Waals surface area contributed by atoms with E-state index in [2.05, 4.69) is 0 Å². The molecule has 1 aliphatic rings. The number of rotatable bonds is 8. The number of nitrogens with zero attached hydrogens (tertiary/aromatic N) is 2. The van der Waals surface area contributed by atoms with Crippen LogP contribution in [0, 0.1) is 0 Å². The van der Waals surface area contributed by atoms with Crippen molar-refractivity contribution >= 4 is 11.9 Å². The fraction of sp³-hybridized carbons (Fsp3) is 0.529. The van der Waals surface area contributed by atoms with Crippen LogP contribution < -0.4 is 0 Å². The number of hydrogen-bond acceptors (Lipinski definition) is 5. The number of carbonyl (C=O) groups is 2. The minimum absolute atomic E-state index is 0.0343. The van der Waals surface area contributed by atoms with E-state index in [4.69, 9.17) is 14.6 Å².